The van der Waals surface area contributed by atoms with E-state index in [0.717, 1.165) is 25.8 Å². The quantitative estimate of drug-likeness (QED) is 0.338. The minimum Gasteiger partial charge on any atom is -0.326 e. The van der Waals surface area contributed by atoms with Crippen molar-refractivity contribution in [3.05, 3.63) is 97.9 Å². The molecule has 0 spiro atoms. The van der Waals surface area contributed by atoms with Gasteiger partial charge in [0.1, 0.15) is 0 Å². The van der Waals surface area contributed by atoms with Crippen LogP contribution in [0.4, 0.5) is 5.69 Å². The summed E-state index contributed by atoms with van der Waals surface area (Å²) in [4.78, 5) is 25.5. The Hall–Kier alpha value is -2.48. The van der Waals surface area contributed by atoms with E-state index in [1.807, 2.05) is 48.5 Å². The number of nitrogens with zero attached hydrogens (tertiary/aromatic N) is 2. The summed E-state index contributed by atoms with van der Waals surface area (Å²) in [6, 6.07) is 22.4. The van der Waals surface area contributed by atoms with Gasteiger partial charge in [0.2, 0.25) is 11.8 Å². The van der Waals surface area contributed by atoms with E-state index in [1.165, 1.54) is 5.01 Å². The maximum atomic E-state index is 13.1. The Labute approximate surface area is 214 Å². The van der Waals surface area contributed by atoms with Gasteiger partial charge in [0.05, 0.1) is 11.8 Å². The summed E-state index contributed by atoms with van der Waals surface area (Å²) in [6.45, 7) is 0. The number of hydrazone groups is 1. The van der Waals surface area contributed by atoms with Crippen LogP contribution < -0.4 is 5.32 Å². The molecule has 1 aliphatic heterocycles. The van der Waals surface area contributed by atoms with E-state index in [2.05, 4.69) is 42.3 Å². The highest BCUT2D eigenvalue weighted by molar-refractivity contribution is 9.10. The van der Waals surface area contributed by atoms with Crippen molar-refractivity contribution in [1.82, 2.24) is 5.01 Å². The highest BCUT2D eigenvalue weighted by Crippen LogP contribution is 2.34. The first-order chi connectivity index (χ1) is 15.9. The van der Waals surface area contributed by atoms with Crippen LogP contribution in [0, 0.1) is 0 Å². The molecule has 8 heteroatoms. The molecule has 1 unspecified atom stereocenters. The van der Waals surface area contributed by atoms with Gasteiger partial charge < -0.3 is 5.32 Å². The van der Waals surface area contributed by atoms with Gasteiger partial charge in [-0.3, -0.25) is 9.59 Å². The van der Waals surface area contributed by atoms with E-state index in [1.54, 1.807) is 24.3 Å². The molecule has 0 saturated heterocycles. The second kappa shape index (κ2) is 10.6. The molecular formula is C25H20Br2ClN3O2. The molecule has 5 nitrogen and oxygen atoms in total. The third-order valence-electron chi connectivity index (χ3n) is 5.29. The van der Waals surface area contributed by atoms with Gasteiger partial charge in [0, 0.05) is 38.9 Å². The second-order valence-electron chi connectivity index (χ2n) is 7.62. The maximum Gasteiger partial charge on any atom is 0.243 e. The zero-order valence-electron chi connectivity index (χ0n) is 17.5. The van der Waals surface area contributed by atoms with Crippen molar-refractivity contribution in [1.29, 1.82) is 0 Å². The van der Waals surface area contributed by atoms with Gasteiger partial charge in [-0.05, 0) is 59.7 Å². The standard InChI is InChI=1S/C25H20Br2ClN3O2/c26-18-5-1-16(2-6-18)22-15-23(17-3-7-19(27)8-4-17)31(30-22)25(33)14-13-24(32)29-21-11-9-20(28)10-12-21/h1-12,23H,13-15H2,(H,29,32). The summed E-state index contributed by atoms with van der Waals surface area (Å²) in [7, 11) is 0. The number of amides is 2. The van der Waals surface area contributed by atoms with E-state index in [4.69, 9.17) is 11.6 Å². The molecule has 0 aromatic heterocycles. The van der Waals surface area contributed by atoms with Crippen LogP contribution >= 0.6 is 43.5 Å². The predicted molar refractivity (Wildman–Crippen MR) is 138 cm³/mol. The van der Waals surface area contributed by atoms with E-state index >= 15 is 0 Å². The topological polar surface area (TPSA) is 61.8 Å². The predicted octanol–water partition coefficient (Wildman–Crippen LogP) is 6.96. The van der Waals surface area contributed by atoms with E-state index < -0.39 is 0 Å². The average molecular weight is 590 g/mol. The van der Waals surface area contributed by atoms with Crippen molar-refractivity contribution in [3.63, 3.8) is 0 Å². The number of hydrogen-bond acceptors (Lipinski definition) is 3. The van der Waals surface area contributed by atoms with Crippen LogP contribution in [0.5, 0.6) is 0 Å². The molecule has 0 aliphatic carbocycles. The number of carbonyl (C=O) groups is 2. The lowest BCUT2D eigenvalue weighted by molar-refractivity contribution is -0.134. The zero-order valence-corrected chi connectivity index (χ0v) is 21.4. The van der Waals surface area contributed by atoms with Crippen LogP contribution in [0.3, 0.4) is 0 Å². The van der Waals surface area contributed by atoms with Crippen LogP contribution in [-0.2, 0) is 9.59 Å². The fourth-order valence-electron chi connectivity index (χ4n) is 3.59. The number of nitrogens with one attached hydrogen (secondary N) is 1. The molecule has 0 fully saturated rings. The van der Waals surface area contributed by atoms with Crippen LogP contribution in [0.2, 0.25) is 5.02 Å². The van der Waals surface area contributed by atoms with Gasteiger partial charge in [0.25, 0.3) is 0 Å². The SMILES string of the molecule is O=C(CCC(=O)N1N=C(c2ccc(Br)cc2)CC1c1ccc(Br)cc1)Nc1ccc(Cl)cc1. The summed E-state index contributed by atoms with van der Waals surface area (Å²) >= 11 is 12.8. The van der Waals surface area contributed by atoms with Crippen molar-refractivity contribution in [2.24, 2.45) is 5.10 Å². The normalized spacial score (nSPS) is 15.3. The Balaban J connectivity index is 1.48. The molecule has 0 saturated carbocycles. The van der Waals surface area contributed by atoms with Crippen LogP contribution in [0.1, 0.15) is 36.4 Å². The first kappa shape index (κ1) is 23.7. The monoisotopic (exact) mass is 587 g/mol. The summed E-state index contributed by atoms with van der Waals surface area (Å²) in [5.74, 6) is -0.427. The van der Waals surface area contributed by atoms with Crippen molar-refractivity contribution < 1.29 is 9.59 Å². The number of hydrogen-bond donors (Lipinski definition) is 1. The van der Waals surface area contributed by atoms with E-state index in [9.17, 15) is 9.59 Å². The Kier molecular flexibility index (Phi) is 7.63. The number of benzene rings is 3. The molecule has 3 aromatic rings. The Morgan fingerprint density at radius 3 is 2.15 bits per heavy atom. The number of carbonyl (C=O) groups excluding carboxylic acids is 2. The smallest absolute Gasteiger partial charge is 0.243 e. The van der Waals surface area contributed by atoms with Gasteiger partial charge in [-0.15, -0.1) is 0 Å². The Morgan fingerprint density at radius 1 is 0.909 bits per heavy atom. The summed E-state index contributed by atoms with van der Waals surface area (Å²) in [5, 5.41) is 9.57. The lowest BCUT2D eigenvalue weighted by Crippen LogP contribution is -2.28. The number of rotatable bonds is 6. The highest BCUT2D eigenvalue weighted by Gasteiger charge is 2.33. The van der Waals surface area contributed by atoms with E-state index in [-0.39, 0.29) is 30.7 Å². The van der Waals surface area contributed by atoms with Gasteiger partial charge >= 0.3 is 0 Å². The van der Waals surface area contributed by atoms with Crippen LogP contribution in [0.25, 0.3) is 0 Å². The second-order valence-corrected chi connectivity index (χ2v) is 9.89. The largest absolute Gasteiger partial charge is 0.326 e. The maximum absolute atomic E-state index is 13.1. The first-order valence-corrected chi connectivity index (χ1v) is 12.3. The fraction of sp³-hybridized carbons (Fsp3) is 0.160. The van der Waals surface area contributed by atoms with Crippen LogP contribution in [-0.4, -0.2) is 22.5 Å². The summed E-state index contributed by atoms with van der Waals surface area (Å²) < 4.78 is 1.95. The Morgan fingerprint density at radius 2 is 1.52 bits per heavy atom. The summed E-state index contributed by atoms with van der Waals surface area (Å²) in [5.41, 5.74) is 3.44. The molecule has 1 aliphatic rings. The van der Waals surface area contributed by atoms with Crippen molar-refractivity contribution >= 4 is 66.7 Å². The first-order valence-electron chi connectivity index (χ1n) is 10.4. The number of halogens is 3. The Bertz CT molecular complexity index is 1180. The van der Waals surface area contributed by atoms with E-state index in [0.29, 0.717) is 17.1 Å². The molecule has 168 valence electrons. The third kappa shape index (κ3) is 6.10. The molecule has 4 rings (SSSR count). The molecule has 2 amide bonds. The van der Waals surface area contributed by atoms with Crippen molar-refractivity contribution in [2.75, 3.05) is 5.32 Å². The van der Waals surface area contributed by atoms with Gasteiger partial charge in [-0.1, -0.05) is 67.7 Å². The van der Waals surface area contributed by atoms with Crippen LogP contribution in [0.15, 0.2) is 86.8 Å². The minimum absolute atomic E-state index is 0.0591. The average Bonchev–Trinajstić information content (AvgIpc) is 3.25. The molecule has 1 N–H and O–H groups in total. The molecule has 0 bridgehead atoms. The summed E-state index contributed by atoms with van der Waals surface area (Å²) in [6.07, 6.45) is 0.726. The molecule has 33 heavy (non-hydrogen) atoms. The van der Waals surface area contributed by atoms with Gasteiger partial charge in [-0.2, -0.15) is 5.10 Å². The molecule has 1 atom stereocenters. The lowest BCUT2D eigenvalue weighted by atomic mass is 9.98. The van der Waals surface area contributed by atoms with Gasteiger partial charge in [-0.25, -0.2) is 5.01 Å². The third-order valence-corrected chi connectivity index (χ3v) is 6.60. The molecule has 0 radical (unpaired) electrons. The zero-order chi connectivity index (χ0) is 23.4. The van der Waals surface area contributed by atoms with Gasteiger partial charge in [0.15, 0.2) is 0 Å². The molecule has 3 aromatic carbocycles. The molecular weight excluding hydrogens is 570 g/mol. The highest BCUT2D eigenvalue weighted by atomic mass is 79.9. The van der Waals surface area contributed by atoms with Crippen molar-refractivity contribution in [3.8, 4) is 0 Å². The lowest BCUT2D eigenvalue weighted by Gasteiger charge is -2.22. The van der Waals surface area contributed by atoms with Crippen molar-refractivity contribution in [2.45, 2.75) is 25.3 Å². The molecule has 1 heterocycles. The fourth-order valence-corrected chi connectivity index (χ4v) is 4.25. The minimum atomic E-state index is -0.234. The number of anilines is 1.